The van der Waals surface area contributed by atoms with Crippen LogP contribution in [0.15, 0.2) is 48.5 Å². The minimum Gasteiger partial charge on any atom is -0.493 e. The van der Waals surface area contributed by atoms with Crippen LogP contribution < -0.4 is 15.0 Å². The van der Waals surface area contributed by atoms with Gasteiger partial charge in [-0.25, -0.2) is 0 Å². The topological polar surface area (TPSA) is 82.1 Å². The van der Waals surface area contributed by atoms with Crippen molar-refractivity contribution in [3.05, 3.63) is 69.6 Å². The van der Waals surface area contributed by atoms with Crippen molar-refractivity contribution in [2.45, 2.75) is 6.42 Å². The molecular weight excluding hydrogens is 486 g/mol. The van der Waals surface area contributed by atoms with Gasteiger partial charge in [-0.2, -0.15) is 0 Å². The summed E-state index contributed by atoms with van der Waals surface area (Å²) in [7, 11) is 0. The van der Waals surface area contributed by atoms with E-state index in [4.69, 9.17) is 16.3 Å². The van der Waals surface area contributed by atoms with Crippen LogP contribution in [0.4, 0.5) is 5.69 Å². The molecule has 182 valence electrons. The maximum Gasteiger partial charge on any atom is 0.268 e. The number of nitrogens with one attached hydrogen (secondary N) is 1. The molecule has 35 heavy (non-hydrogen) atoms. The summed E-state index contributed by atoms with van der Waals surface area (Å²) >= 11 is 8.01. The number of anilines is 1. The van der Waals surface area contributed by atoms with Gasteiger partial charge in [-0.3, -0.25) is 9.59 Å². The number of hydrogen-bond acceptors (Lipinski definition) is 6. The predicted molar refractivity (Wildman–Crippen MR) is 138 cm³/mol. The fraction of sp³-hybridized carbons (Fsp3) is 0.308. The number of fused-ring (bicyclic) bond motifs is 3. The molecule has 0 atom stereocenters. The predicted octanol–water partition coefficient (Wildman–Crippen LogP) is 3.69. The number of carbonyl (C=O) groups excluding carboxylic acids is 2. The van der Waals surface area contributed by atoms with Crippen LogP contribution in [0.1, 0.15) is 25.6 Å². The molecule has 1 saturated heterocycles. The third-order valence-corrected chi connectivity index (χ3v) is 7.74. The maximum absolute atomic E-state index is 13.6. The monoisotopic (exact) mass is 511 g/mol. The van der Waals surface area contributed by atoms with Crippen LogP contribution in [0.2, 0.25) is 5.02 Å². The Morgan fingerprint density at radius 1 is 1.14 bits per heavy atom. The first kappa shape index (κ1) is 23.8. The number of carbonyl (C=O) groups is 2. The second-order valence-electron chi connectivity index (χ2n) is 8.45. The highest BCUT2D eigenvalue weighted by Gasteiger charge is 2.26. The van der Waals surface area contributed by atoms with E-state index in [9.17, 15) is 14.7 Å². The summed E-state index contributed by atoms with van der Waals surface area (Å²) in [5.41, 5.74) is 2.99. The number of hydrogen-bond donors (Lipinski definition) is 2. The molecule has 2 aliphatic rings. The van der Waals surface area contributed by atoms with Gasteiger partial charge in [0.05, 0.1) is 28.8 Å². The van der Waals surface area contributed by atoms with Gasteiger partial charge in [-0.15, -0.1) is 11.3 Å². The van der Waals surface area contributed by atoms with E-state index in [0.717, 1.165) is 34.8 Å². The van der Waals surface area contributed by atoms with Crippen molar-refractivity contribution in [2.24, 2.45) is 0 Å². The fourth-order valence-corrected chi connectivity index (χ4v) is 5.94. The Morgan fingerprint density at radius 3 is 2.71 bits per heavy atom. The lowest BCUT2D eigenvalue weighted by Gasteiger charge is -2.28. The first-order valence-electron chi connectivity index (χ1n) is 11.6. The number of halogens is 1. The Morgan fingerprint density at radius 2 is 1.94 bits per heavy atom. The van der Waals surface area contributed by atoms with Gasteiger partial charge < -0.3 is 25.0 Å². The average molecular weight is 512 g/mol. The molecule has 0 spiro atoms. The quantitative estimate of drug-likeness (QED) is 0.546. The molecular formula is C26H26ClN3O4S. The zero-order valence-corrected chi connectivity index (χ0v) is 20.7. The molecule has 3 aromatic rings. The van der Waals surface area contributed by atoms with E-state index < -0.39 is 0 Å². The molecule has 2 N–H and O–H groups in total. The molecule has 2 aromatic carbocycles. The van der Waals surface area contributed by atoms with Crippen LogP contribution in [0.5, 0.6) is 5.75 Å². The molecule has 9 heteroatoms. The summed E-state index contributed by atoms with van der Waals surface area (Å²) in [5, 5.41) is 13.2. The van der Waals surface area contributed by atoms with Gasteiger partial charge in [0.25, 0.3) is 11.8 Å². The van der Waals surface area contributed by atoms with Gasteiger partial charge in [-0.1, -0.05) is 23.7 Å². The van der Waals surface area contributed by atoms with Crippen LogP contribution in [-0.2, 0) is 6.42 Å². The van der Waals surface area contributed by atoms with Crippen LogP contribution >= 0.6 is 22.9 Å². The molecule has 1 aromatic heterocycles. The van der Waals surface area contributed by atoms with Crippen LogP contribution in [-0.4, -0.2) is 67.8 Å². The SMILES string of the molecule is O=C(c1ccc(N(CCO)C(=O)c2cc3c(s2)-c2ccccc2OCC3)c(Cl)c1)N1CCNCC1. The van der Waals surface area contributed by atoms with Gasteiger partial charge in [0.1, 0.15) is 5.75 Å². The van der Waals surface area contributed by atoms with Crippen molar-refractivity contribution in [3.63, 3.8) is 0 Å². The fourth-order valence-electron chi connectivity index (χ4n) is 4.47. The van der Waals surface area contributed by atoms with E-state index in [0.29, 0.717) is 47.3 Å². The van der Waals surface area contributed by atoms with E-state index in [1.807, 2.05) is 30.3 Å². The summed E-state index contributed by atoms with van der Waals surface area (Å²) in [6.07, 6.45) is 0.706. The third kappa shape index (κ3) is 4.79. The number of benzene rings is 2. The van der Waals surface area contributed by atoms with E-state index >= 15 is 0 Å². The first-order valence-corrected chi connectivity index (χ1v) is 12.8. The van der Waals surface area contributed by atoms with Crippen molar-refractivity contribution in [1.82, 2.24) is 10.2 Å². The van der Waals surface area contributed by atoms with Crippen molar-refractivity contribution >= 4 is 40.4 Å². The lowest BCUT2D eigenvalue weighted by molar-refractivity contribution is 0.0735. The summed E-state index contributed by atoms with van der Waals surface area (Å²) in [4.78, 5) is 31.3. The van der Waals surface area contributed by atoms with E-state index in [-0.39, 0.29) is 25.0 Å². The number of ether oxygens (including phenoxy) is 1. The molecule has 7 nitrogen and oxygen atoms in total. The molecule has 0 unspecified atom stereocenters. The highest BCUT2D eigenvalue weighted by Crippen LogP contribution is 2.41. The molecule has 2 amide bonds. The number of nitrogens with zero attached hydrogens (tertiary/aromatic N) is 2. The zero-order chi connectivity index (χ0) is 24.4. The lowest BCUT2D eigenvalue weighted by atomic mass is 10.1. The number of piperazine rings is 1. The third-order valence-electron chi connectivity index (χ3n) is 6.24. The van der Waals surface area contributed by atoms with E-state index in [1.54, 1.807) is 23.1 Å². The van der Waals surface area contributed by atoms with Crippen LogP contribution in [0, 0.1) is 0 Å². The Kier molecular flexibility index (Phi) is 7.06. The van der Waals surface area contributed by atoms with Gasteiger partial charge in [0.15, 0.2) is 0 Å². The van der Waals surface area contributed by atoms with Crippen molar-refractivity contribution in [2.75, 3.05) is 50.8 Å². The smallest absolute Gasteiger partial charge is 0.268 e. The van der Waals surface area contributed by atoms with E-state index in [1.165, 1.54) is 16.2 Å². The molecule has 0 aliphatic carbocycles. The number of thiophene rings is 1. The lowest BCUT2D eigenvalue weighted by Crippen LogP contribution is -2.46. The van der Waals surface area contributed by atoms with E-state index in [2.05, 4.69) is 5.32 Å². The van der Waals surface area contributed by atoms with Crippen molar-refractivity contribution in [1.29, 1.82) is 0 Å². The summed E-state index contributed by atoms with van der Waals surface area (Å²) in [6, 6.07) is 14.7. The molecule has 1 fully saturated rings. The molecule has 5 rings (SSSR count). The van der Waals surface area contributed by atoms with Crippen molar-refractivity contribution < 1.29 is 19.4 Å². The van der Waals surface area contributed by atoms with Crippen LogP contribution in [0.3, 0.4) is 0 Å². The Balaban J connectivity index is 1.44. The van der Waals surface area contributed by atoms with Gasteiger partial charge in [-0.05, 0) is 42.0 Å². The summed E-state index contributed by atoms with van der Waals surface area (Å²) in [5.74, 6) is 0.494. The largest absolute Gasteiger partial charge is 0.493 e. The number of rotatable bonds is 5. The molecule has 3 heterocycles. The van der Waals surface area contributed by atoms with Gasteiger partial charge in [0, 0.05) is 55.1 Å². The Labute approximate surface area is 212 Å². The number of aliphatic hydroxyl groups is 1. The maximum atomic E-state index is 13.6. The Hall–Kier alpha value is -2.91. The number of aliphatic hydroxyl groups excluding tert-OH is 1. The minimum absolute atomic E-state index is 0.0807. The molecule has 0 bridgehead atoms. The summed E-state index contributed by atoms with van der Waals surface area (Å²) in [6.45, 7) is 3.23. The highest BCUT2D eigenvalue weighted by molar-refractivity contribution is 7.17. The van der Waals surface area contributed by atoms with Crippen molar-refractivity contribution in [3.8, 4) is 16.2 Å². The molecule has 0 saturated carbocycles. The van der Waals surface area contributed by atoms with Crippen LogP contribution in [0.25, 0.3) is 10.4 Å². The minimum atomic E-state index is -0.237. The zero-order valence-electron chi connectivity index (χ0n) is 19.1. The molecule has 2 aliphatic heterocycles. The number of para-hydroxylation sites is 1. The number of amides is 2. The van der Waals surface area contributed by atoms with Gasteiger partial charge in [0.2, 0.25) is 0 Å². The van der Waals surface area contributed by atoms with Gasteiger partial charge >= 0.3 is 0 Å². The Bertz CT molecular complexity index is 1260. The standard InChI is InChI=1S/C26H26ClN3O4S/c27-20-15-18(25(32)29-10-8-28-9-11-29)5-6-21(20)30(12-13-31)26(33)23-16-17-7-14-34-22-4-2-1-3-19(22)24(17)35-23/h1-6,15-16,28,31H,7-14H2. The second-order valence-corrected chi connectivity index (χ2v) is 9.91. The molecule has 0 radical (unpaired) electrons. The normalized spacial score (nSPS) is 15.0. The average Bonchev–Trinajstić information content (AvgIpc) is 3.23. The highest BCUT2D eigenvalue weighted by atomic mass is 35.5. The second kappa shape index (κ2) is 10.4. The first-order chi connectivity index (χ1) is 17.1. The summed E-state index contributed by atoms with van der Waals surface area (Å²) < 4.78 is 5.86.